The molecule has 19 heavy (non-hydrogen) atoms. The number of imidazole rings is 1. The molecule has 0 aliphatic carbocycles. The Morgan fingerprint density at radius 1 is 1.26 bits per heavy atom. The Balaban J connectivity index is 1.98. The topological polar surface area (TPSA) is 53.1 Å². The van der Waals surface area contributed by atoms with Crippen LogP contribution in [-0.2, 0) is 13.0 Å². The molecule has 1 aromatic heterocycles. The van der Waals surface area contributed by atoms with E-state index in [0.717, 1.165) is 24.4 Å². The van der Waals surface area contributed by atoms with E-state index >= 15 is 0 Å². The summed E-state index contributed by atoms with van der Waals surface area (Å²) >= 11 is 0. The van der Waals surface area contributed by atoms with Crippen molar-refractivity contribution in [2.24, 2.45) is 5.73 Å². The molecule has 4 nitrogen and oxygen atoms in total. The molecular formula is C15H21N3O. The molecule has 0 bridgehead atoms. The molecule has 0 atom stereocenters. The molecule has 1 aromatic carbocycles. The number of hydrogen-bond donors (Lipinski definition) is 1. The summed E-state index contributed by atoms with van der Waals surface area (Å²) in [5.41, 5.74) is 7.79. The van der Waals surface area contributed by atoms with Crippen LogP contribution in [0.4, 0.5) is 0 Å². The van der Waals surface area contributed by atoms with Gasteiger partial charge in [0.2, 0.25) is 0 Å². The fraction of sp³-hybridized carbons (Fsp3) is 0.400. The zero-order chi connectivity index (χ0) is 13.7. The maximum absolute atomic E-state index is 5.62. The van der Waals surface area contributed by atoms with Crippen molar-refractivity contribution >= 4 is 0 Å². The standard InChI is InChI=1S/C15H21N3O/c1-12(2)19-15-5-3-13(4-6-15)9-18-10-14(7-8-16)17-11-18/h3-6,10-12H,7-9,16H2,1-2H3. The van der Waals surface area contributed by atoms with Gasteiger partial charge in [-0.25, -0.2) is 4.98 Å². The van der Waals surface area contributed by atoms with Crippen LogP contribution in [0, 0.1) is 0 Å². The molecule has 0 unspecified atom stereocenters. The quantitative estimate of drug-likeness (QED) is 0.865. The zero-order valence-electron chi connectivity index (χ0n) is 11.5. The summed E-state index contributed by atoms with van der Waals surface area (Å²) in [7, 11) is 0. The Kier molecular flexibility index (Phi) is 4.58. The second kappa shape index (κ2) is 6.38. The Morgan fingerprint density at radius 2 is 2.00 bits per heavy atom. The van der Waals surface area contributed by atoms with E-state index in [9.17, 15) is 0 Å². The van der Waals surface area contributed by atoms with Crippen LogP contribution in [0.3, 0.4) is 0 Å². The average Bonchev–Trinajstić information content (AvgIpc) is 2.79. The third-order valence-corrected chi connectivity index (χ3v) is 2.75. The molecule has 0 amide bonds. The first-order chi connectivity index (χ1) is 9.17. The van der Waals surface area contributed by atoms with E-state index in [1.54, 1.807) is 0 Å². The van der Waals surface area contributed by atoms with Crippen LogP contribution in [0.25, 0.3) is 0 Å². The number of rotatable bonds is 6. The first-order valence-electron chi connectivity index (χ1n) is 6.63. The highest BCUT2D eigenvalue weighted by Gasteiger charge is 2.01. The minimum atomic E-state index is 0.207. The van der Waals surface area contributed by atoms with E-state index in [2.05, 4.69) is 21.7 Å². The maximum Gasteiger partial charge on any atom is 0.119 e. The Morgan fingerprint density at radius 3 is 2.63 bits per heavy atom. The van der Waals surface area contributed by atoms with Gasteiger partial charge in [-0.1, -0.05) is 12.1 Å². The van der Waals surface area contributed by atoms with E-state index in [4.69, 9.17) is 10.5 Å². The number of aromatic nitrogens is 2. The Labute approximate surface area is 114 Å². The predicted molar refractivity (Wildman–Crippen MR) is 76.3 cm³/mol. The molecule has 0 spiro atoms. The fourth-order valence-corrected chi connectivity index (χ4v) is 1.93. The monoisotopic (exact) mass is 259 g/mol. The zero-order valence-corrected chi connectivity index (χ0v) is 11.5. The van der Waals surface area contributed by atoms with Crippen LogP contribution in [0.5, 0.6) is 5.75 Å². The minimum Gasteiger partial charge on any atom is -0.491 e. The van der Waals surface area contributed by atoms with Crippen molar-refractivity contribution < 1.29 is 4.74 Å². The van der Waals surface area contributed by atoms with Crippen molar-refractivity contribution in [3.05, 3.63) is 48.0 Å². The van der Waals surface area contributed by atoms with Crippen molar-refractivity contribution in [3.63, 3.8) is 0 Å². The predicted octanol–water partition coefficient (Wildman–Crippen LogP) is 2.22. The van der Waals surface area contributed by atoms with Gasteiger partial charge in [-0.15, -0.1) is 0 Å². The molecular weight excluding hydrogens is 238 g/mol. The van der Waals surface area contributed by atoms with Gasteiger partial charge in [-0.3, -0.25) is 0 Å². The molecule has 0 aliphatic heterocycles. The fourth-order valence-electron chi connectivity index (χ4n) is 1.93. The third kappa shape index (κ3) is 4.10. The molecule has 2 N–H and O–H groups in total. The molecule has 0 saturated heterocycles. The molecule has 0 radical (unpaired) electrons. The molecule has 0 saturated carbocycles. The first kappa shape index (κ1) is 13.6. The van der Waals surface area contributed by atoms with Crippen LogP contribution in [0.15, 0.2) is 36.8 Å². The summed E-state index contributed by atoms with van der Waals surface area (Å²) in [6.45, 7) is 5.51. The first-order valence-corrected chi connectivity index (χ1v) is 6.63. The third-order valence-electron chi connectivity index (χ3n) is 2.75. The van der Waals surface area contributed by atoms with Gasteiger partial charge in [-0.2, -0.15) is 0 Å². The number of hydrogen-bond acceptors (Lipinski definition) is 3. The van der Waals surface area contributed by atoms with Gasteiger partial charge >= 0.3 is 0 Å². The molecule has 0 aliphatic rings. The van der Waals surface area contributed by atoms with Gasteiger partial charge in [0.1, 0.15) is 5.75 Å². The number of ether oxygens (including phenoxy) is 1. The molecule has 102 valence electrons. The largest absolute Gasteiger partial charge is 0.491 e. The SMILES string of the molecule is CC(C)Oc1ccc(Cn2cnc(CCN)c2)cc1. The average molecular weight is 259 g/mol. The lowest BCUT2D eigenvalue weighted by Gasteiger charge is -2.10. The van der Waals surface area contributed by atoms with Crippen molar-refractivity contribution in [2.45, 2.75) is 32.9 Å². The Bertz CT molecular complexity index is 502. The lowest BCUT2D eigenvalue weighted by atomic mass is 10.2. The van der Waals surface area contributed by atoms with E-state index in [0.29, 0.717) is 6.54 Å². The highest BCUT2D eigenvalue weighted by molar-refractivity contribution is 5.27. The van der Waals surface area contributed by atoms with Crippen molar-refractivity contribution in [1.82, 2.24) is 9.55 Å². The van der Waals surface area contributed by atoms with Gasteiger partial charge in [0.05, 0.1) is 18.1 Å². The highest BCUT2D eigenvalue weighted by atomic mass is 16.5. The lowest BCUT2D eigenvalue weighted by molar-refractivity contribution is 0.242. The smallest absolute Gasteiger partial charge is 0.119 e. The Hall–Kier alpha value is -1.81. The summed E-state index contributed by atoms with van der Waals surface area (Å²) in [6, 6.07) is 8.18. The normalized spacial score (nSPS) is 10.9. The molecule has 4 heteroatoms. The number of nitrogens with two attached hydrogens (primary N) is 1. The van der Waals surface area contributed by atoms with Gasteiger partial charge in [0.15, 0.2) is 0 Å². The highest BCUT2D eigenvalue weighted by Crippen LogP contribution is 2.14. The van der Waals surface area contributed by atoms with Gasteiger partial charge in [0.25, 0.3) is 0 Å². The second-order valence-electron chi connectivity index (χ2n) is 4.89. The van der Waals surface area contributed by atoms with E-state index in [-0.39, 0.29) is 6.10 Å². The summed E-state index contributed by atoms with van der Waals surface area (Å²) in [6.07, 6.45) is 4.93. The van der Waals surface area contributed by atoms with E-state index in [1.165, 1.54) is 5.56 Å². The van der Waals surface area contributed by atoms with Crippen LogP contribution in [0.2, 0.25) is 0 Å². The van der Waals surface area contributed by atoms with Crippen molar-refractivity contribution in [3.8, 4) is 5.75 Å². The second-order valence-corrected chi connectivity index (χ2v) is 4.89. The van der Waals surface area contributed by atoms with Crippen molar-refractivity contribution in [2.75, 3.05) is 6.54 Å². The lowest BCUT2D eigenvalue weighted by Crippen LogP contribution is -2.05. The number of benzene rings is 1. The van der Waals surface area contributed by atoms with Gasteiger partial charge < -0.3 is 15.0 Å². The van der Waals surface area contributed by atoms with Crippen molar-refractivity contribution in [1.29, 1.82) is 0 Å². The minimum absolute atomic E-state index is 0.207. The van der Waals surface area contributed by atoms with Crippen LogP contribution < -0.4 is 10.5 Å². The summed E-state index contributed by atoms with van der Waals surface area (Å²) in [4.78, 5) is 4.32. The number of nitrogens with zero attached hydrogens (tertiary/aromatic N) is 2. The van der Waals surface area contributed by atoms with Gasteiger partial charge in [-0.05, 0) is 38.1 Å². The molecule has 2 rings (SSSR count). The molecule has 2 aromatic rings. The molecule has 0 fully saturated rings. The summed E-state index contributed by atoms with van der Waals surface area (Å²) < 4.78 is 7.70. The maximum atomic E-state index is 5.62. The molecule has 1 heterocycles. The van der Waals surface area contributed by atoms with Crippen LogP contribution >= 0.6 is 0 Å². The van der Waals surface area contributed by atoms with E-state index in [1.807, 2.05) is 38.5 Å². The van der Waals surface area contributed by atoms with Crippen LogP contribution in [-0.4, -0.2) is 22.2 Å². The summed E-state index contributed by atoms with van der Waals surface area (Å²) in [5.74, 6) is 0.910. The van der Waals surface area contributed by atoms with E-state index < -0.39 is 0 Å². The summed E-state index contributed by atoms with van der Waals surface area (Å²) in [5, 5.41) is 0. The van der Waals surface area contributed by atoms with Gasteiger partial charge in [0, 0.05) is 19.2 Å². The van der Waals surface area contributed by atoms with Crippen LogP contribution in [0.1, 0.15) is 25.1 Å².